The van der Waals surface area contributed by atoms with Crippen molar-refractivity contribution < 1.29 is 9.72 Å². The fourth-order valence-corrected chi connectivity index (χ4v) is 4.26. The van der Waals surface area contributed by atoms with Crippen LogP contribution in [0.15, 0.2) is 84.0 Å². The summed E-state index contributed by atoms with van der Waals surface area (Å²) in [4.78, 5) is 32.5. The molecule has 1 N–H and O–H groups in total. The number of nitrogens with one attached hydrogen (secondary N) is 1. The van der Waals surface area contributed by atoms with Crippen LogP contribution >= 0.6 is 11.8 Å². The van der Waals surface area contributed by atoms with Crippen LogP contribution in [0.25, 0.3) is 27.9 Å². The first kappa shape index (κ1) is 21.5. The molecule has 0 atom stereocenters. The zero-order chi connectivity index (χ0) is 23.5. The van der Waals surface area contributed by atoms with E-state index in [0.29, 0.717) is 28.7 Å². The lowest BCUT2D eigenvalue weighted by molar-refractivity contribution is -0.384. The number of aromatic nitrogens is 4. The van der Waals surface area contributed by atoms with Gasteiger partial charge in [-0.05, 0) is 17.7 Å². The Morgan fingerprint density at radius 1 is 1.00 bits per heavy atom. The maximum atomic E-state index is 12.4. The molecule has 0 saturated carbocycles. The second-order valence-electron chi connectivity index (χ2n) is 7.44. The van der Waals surface area contributed by atoms with Crippen molar-refractivity contribution in [1.82, 2.24) is 24.9 Å². The van der Waals surface area contributed by atoms with Crippen molar-refractivity contribution in [1.29, 1.82) is 0 Å². The number of thioether (sulfide) groups is 1. The number of fused-ring (bicyclic) bond motifs is 3. The highest BCUT2D eigenvalue weighted by Gasteiger charge is 2.17. The van der Waals surface area contributed by atoms with Gasteiger partial charge in [0.15, 0.2) is 16.6 Å². The Balaban J connectivity index is 1.45. The summed E-state index contributed by atoms with van der Waals surface area (Å²) in [7, 11) is 0. The molecule has 0 bridgehead atoms. The van der Waals surface area contributed by atoms with E-state index in [9.17, 15) is 14.9 Å². The molecule has 1 amide bonds. The molecule has 5 rings (SSSR count). The molecule has 0 fully saturated rings. The molecule has 2 aromatic heterocycles. The van der Waals surface area contributed by atoms with Gasteiger partial charge in [-0.1, -0.05) is 66.4 Å². The first-order valence-electron chi connectivity index (χ1n) is 10.4. The Bertz CT molecular complexity index is 1520. The Morgan fingerprint density at radius 2 is 1.79 bits per heavy atom. The smallest absolute Gasteiger partial charge is 0.270 e. The fraction of sp³-hybridized carbons (Fsp3) is 0.0833. The minimum absolute atomic E-state index is 0.0379. The van der Waals surface area contributed by atoms with Gasteiger partial charge in [0.1, 0.15) is 0 Å². The van der Waals surface area contributed by atoms with E-state index in [4.69, 9.17) is 0 Å². The average molecular weight is 471 g/mol. The molecule has 5 aromatic rings. The normalized spacial score (nSPS) is 11.1. The van der Waals surface area contributed by atoms with Crippen LogP contribution < -0.4 is 5.32 Å². The SMILES string of the molecule is O=C(CSc1nc2ccccc2c2nc(-c3cccc([N+](=O)[O-])c3)nn12)NCc1ccccc1. The van der Waals surface area contributed by atoms with Gasteiger partial charge in [-0.2, -0.15) is 4.52 Å². The Labute approximate surface area is 198 Å². The first-order valence-corrected chi connectivity index (χ1v) is 11.4. The summed E-state index contributed by atoms with van der Waals surface area (Å²) in [5.41, 5.74) is 2.80. The quantitative estimate of drug-likeness (QED) is 0.164. The lowest BCUT2D eigenvalue weighted by Crippen LogP contribution is -2.24. The second kappa shape index (κ2) is 9.28. The third-order valence-corrected chi connectivity index (χ3v) is 6.06. The summed E-state index contributed by atoms with van der Waals surface area (Å²) in [6.45, 7) is 0.445. The summed E-state index contributed by atoms with van der Waals surface area (Å²) in [5, 5.41) is 20.0. The summed E-state index contributed by atoms with van der Waals surface area (Å²) in [6, 6.07) is 23.4. The van der Waals surface area contributed by atoms with E-state index < -0.39 is 4.92 Å². The van der Waals surface area contributed by atoms with E-state index in [2.05, 4.69) is 20.4 Å². The predicted molar refractivity (Wildman–Crippen MR) is 129 cm³/mol. The third kappa shape index (κ3) is 4.44. The molecule has 0 aliphatic rings. The lowest BCUT2D eigenvalue weighted by atomic mass is 10.2. The number of carbonyl (C=O) groups excluding carboxylic acids is 1. The van der Waals surface area contributed by atoms with E-state index in [0.717, 1.165) is 16.5 Å². The number of non-ortho nitro benzene ring substituents is 1. The Kier molecular flexibility index (Phi) is 5.88. The van der Waals surface area contributed by atoms with Crippen LogP contribution in [0.3, 0.4) is 0 Å². The van der Waals surface area contributed by atoms with Crippen molar-refractivity contribution in [2.45, 2.75) is 11.7 Å². The molecule has 9 nitrogen and oxygen atoms in total. The van der Waals surface area contributed by atoms with Gasteiger partial charge in [-0.25, -0.2) is 9.97 Å². The molecule has 0 aliphatic carbocycles. The highest BCUT2D eigenvalue weighted by molar-refractivity contribution is 7.99. The zero-order valence-electron chi connectivity index (χ0n) is 17.8. The van der Waals surface area contributed by atoms with Crippen LogP contribution in [0.2, 0.25) is 0 Å². The molecule has 0 aliphatic heterocycles. The predicted octanol–water partition coefficient (Wildman–Crippen LogP) is 4.26. The van der Waals surface area contributed by atoms with Crippen LogP contribution in [0, 0.1) is 10.1 Å². The van der Waals surface area contributed by atoms with Gasteiger partial charge in [0.25, 0.3) is 5.69 Å². The molecule has 168 valence electrons. The number of carbonyl (C=O) groups is 1. The minimum atomic E-state index is -0.453. The number of nitro groups is 1. The summed E-state index contributed by atoms with van der Waals surface area (Å²) >= 11 is 1.25. The van der Waals surface area contributed by atoms with Gasteiger partial charge in [0.2, 0.25) is 5.91 Å². The number of amides is 1. The summed E-state index contributed by atoms with van der Waals surface area (Å²) in [6.07, 6.45) is 0. The van der Waals surface area contributed by atoms with Crippen molar-refractivity contribution in [2.24, 2.45) is 0 Å². The highest BCUT2D eigenvalue weighted by atomic mass is 32.2. The topological polar surface area (TPSA) is 115 Å². The van der Waals surface area contributed by atoms with E-state index in [-0.39, 0.29) is 17.3 Å². The van der Waals surface area contributed by atoms with Crippen molar-refractivity contribution in [3.05, 3.63) is 94.5 Å². The molecule has 0 saturated heterocycles. The van der Waals surface area contributed by atoms with Crippen LogP contribution in [0.1, 0.15) is 5.56 Å². The minimum Gasteiger partial charge on any atom is -0.351 e. The van der Waals surface area contributed by atoms with Gasteiger partial charge in [0, 0.05) is 29.6 Å². The molecule has 2 heterocycles. The van der Waals surface area contributed by atoms with E-state index in [1.165, 1.54) is 23.9 Å². The molecule has 10 heteroatoms. The second-order valence-corrected chi connectivity index (χ2v) is 8.38. The van der Waals surface area contributed by atoms with Gasteiger partial charge in [-0.3, -0.25) is 14.9 Å². The van der Waals surface area contributed by atoms with Gasteiger partial charge in [-0.15, -0.1) is 5.10 Å². The zero-order valence-corrected chi connectivity index (χ0v) is 18.6. The summed E-state index contributed by atoms with van der Waals surface area (Å²) < 4.78 is 1.59. The molecule has 0 radical (unpaired) electrons. The average Bonchev–Trinajstić information content (AvgIpc) is 3.33. The fourth-order valence-electron chi connectivity index (χ4n) is 3.48. The number of hydrogen-bond donors (Lipinski definition) is 1. The van der Waals surface area contributed by atoms with E-state index in [1.807, 2.05) is 54.6 Å². The van der Waals surface area contributed by atoms with Crippen LogP contribution in [-0.4, -0.2) is 36.2 Å². The maximum Gasteiger partial charge on any atom is 0.270 e. The van der Waals surface area contributed by atoms with Gasteiger partial charge >= 0.3 is 0 Å². The molecular formula is C24H18N6O3S. The van der Waals surface area contributed by atoms with Gasteiger partial charge < -0.3 is 5.32 Å². The molecular weight excluding hydrogens is 452 g/mol. The van der Waals surface area contributed by atoms with Crippen molar-refractivity contribution in [2.75, 3.05) is 5.75 Å². The van der Waals surface area contributed by atoms with Crippen LogP contribution in [0.4, 0.5) is 5.69 Å². The molecule has 0 unspecified atom stereocenters. The van der Waals surface area contributed by atoms with Crippen LogP contribution in [-0.2, 0) is 11.3 Å². The van der Waals surface area contributed by atoms with Crippen LogP contribution in [0.5, 0.6) is 0 Å². The molecule has 3 aromatic carbocycles. The molecule has 34 heavy (non-hydrogen) atoms. The third-order valence-electron chi connectivity index (χ3n) is 5.13. The van der Waals surface area contributed by atoms with Crippen molar-refractivity contribution >= 4 is 39.9 Å². The summed E-state index contributed by atoms with van der Waals surface area (Å²) in [5.74, 6) is 0.368. The number of rotatable bonds is 7. The number of nitro benzene ring substituents is 1. The number of hydrogen-bond acceptors (Lipinski definition) is 7. The van der Waals surface area contributed by atoms with Crippen molar-refractivity contribution in [3.63, 3.8) is 0 Å². The monoisotopic (exact) mass is 470 g/mol. The lowest BCUT2D eigenvalue weighted by Gasteiger charge is -2.07. The molecule has 0 spiro atoms. The van der Waals surface area contributed by atoms with E-state index in [1.54, 1.807) is 16.6 Å². The maximum absolute atomic E-state index is 12.4. The van der Waals surface area contributed by atoms with Crippen molar-refractivity contribution in [3.8, 4) is 11.4 Å². The number of nitrogens with zero attached hydrogens (tertiary/aromatic N) is 5. The van der Waals surface area contributed by atoms with Gasteiger partial charge in [0.05, 0.1) is 16.2 Å². The van der Waals surface area contributed by atoms with E-state index >= 15 is 0 Å². The Hall–Kier alpha value is -4.31. The first-order chi connectivity index (χ1) is 16.6. The number of benzene rings is 3. The number of para-hydroxylation sites is 1. The highest BCUT2D eigenvalue weighted by Crippen LogP contribution is 2.27. The standard InChI is InChI=1S/C24H18N6O3S/c31-21(25-14-16-7-2-1-3-8-16)15-34-24-26-20-12-5-4-11-19(20)23-27-22(28-29(23)24)17-9-6-10-18(13-17)30(32)33/h1-13H,14-15H2,(H,25,31). The Morgan fingerprint density at radius 3 is 2.62 bits per heavy atom. The largest absolute Gasteiger partial charge is 0.351 e.